The van der Waals surface area contributed by atoms with Crippen molar-refractivity contribution in [3.05, 3.63) is 22.8 Å². The van der Waals surface area contributed by atoms with Gasteiger partial charge in [-0.1, -0.05) is 0 Å². The molecular weight excluding hydrogens is 214 g/mol. The van der Waals surface area contributed by atoms with Gasteiger partial charge in [-0.25, -0.2) is 4.98 Å². The van der Waals surface area contributed by atoms with Crippen molar-refractivity contribution in [3.63, 3.8) is 0 Å². The van der Waals surface area contributed by atoms with Gasteiger partial charge in [0.1, 0.15) is 5.03 Å². The molecule has 1 unspecified atom stereocenters. The predicted molar refractivity (Wildman–Crippen MR) is 44.3 cm³/mol. The first-order valence-electron chi connectivity index (χ1n) is 2.65. The van der Waals surface area contributed by atoms with E-state index in [0.29, 0.717) is 5.03 Å². The van der Waals surface area contributed by atoms with Crippen LogP contribution < -0.4 is 0 Å². The quantitative estimate of drug-likeness (QED) is 0.719. The van der Waals surface area contributed by atoms with Crippen LogP contribution in [0.25, 0.3) is 0 Å². The van der Waals surface area contributed by atoms with E-state index >= 15 is 0 Å². The highest BCUT2D eigenvalue weighted by Crippen LogP contribution is 2.08. The molecular formula is C6H6BrNOS. The fourth-order valence-electron chi connectivity index (χ4n) is 0.532. The van der Waals surface area contributed by atoms with Gasteiger partial charge in [-0.15, -0.1) is 0 Å². The third-order valence-electron chi connectivity index (χ3n) is 0.995. The van der Waals surface area contributed by atoms with E-state index in [4.69, 9.17) is 0 Å². The largest absolute Gasteiger partial charge is 0.253 e. The van der Waals surface area contributed by atoms with Gasteiger partial charge < -0.3 is 0 Å². The fraction of sp³-hybridized carbons (Fsp3) is 0.167. The van der Waals surface area contributed by atoms with Crippen molar-refractivity contribution in [1.29, 1.82) is 0 Å². The molecule has 10 heavy (non-hydrogen) atoms. The van der Waals surface area contributed by atoms with Crippen molar-refractivity contribution >= 4 is 26.7 Å². The topological polar surface area (TPSA) is 30.0 Å². The molecule has 0 bridgehead atoms. The molecule has 1 heterocycles. The number of pyridine rings is 1. The summed E-state index contributed by atoms with van der Waals surface area (Å²) < 4.78 is 11.7. The minimum absolute atomic E-state index is 0.614. The monoisotopic (exact) mass is 219 g/mol. The molecule has 4 heteroatoms. The molecule has 2 nitrogen and oxygen atoms in total. The van der Waals surface area contributed by atoms with Crippen LogP contribution in [0.5, 0.6) is 0 Å². The van der Waals surface area contributed by atoms with Gasteiger partial charge in [-0.3, -0.25) is 4.21 Å². The van der Waals surface area contributed by atoms with Crippen LogP contribution in [0, 0.1) is 0 Å². The van der Waals surface area contributed by atoms with Crippen LogP contribution in [0.3, 0.4) is 0 Å². The summed E-state index contributed by atoms with van der Waals surface area (Å²) in [5.41, 5.74) is 0. The Morgan fingerprint density at radius 3 is 2.70 bits per heavy atom. The molecule has 0 aliphatic heterocycles. The number of hydrogen-bond acceptors (Lipinski definition) is 2. The number of hydrogen-bond donors (Lipinski definition) is 0. The minimum atomic E-state index is -0.969. The highest BCUT2D eigenvalue weighted by atomic mass is 79.9. The van der Waals surface area contributed by atoms with E-state index in [-0.39, 0.29) is 0 Å². The second-order valence-corrected chi connectivity index (χ2v) is 4.01. The number of rotatable bonds is 1. The molecule has 0 spiro atoms. The van der Waals surface area contributed by atoms with Gasteiger partial charge in [-0.05, 0) is 28.1 Å². The summed E-state index contributed by atoms with van der Waals surface area (Å²) in [5, 5.41) is 0.614. The van der Waals surface area contributed by atoms with E-state index in [9.17, 15) is 4.21 Å². The Morgan fingerprint density at radius 1 is 1.60 bits per heavy atom. The molecule has 54 valence electrons. The second kappa shape index (κ2) is 3.25. The zero-order chi connectivity index (χ0) is 7.56. The van der Waals surface area contributed by atoms with E-state index < -0.39 is 10.8 Å². The lowest BCUT2D eigenvalue weighted by molar-refractivity contribution is 0.684. The van der Waals surface area contributed by atoms with Gasteiger partial charge in [0.15, 0.2) is 0 Å². The van der Waals surface area contributed by atoms with Crippen molar-refractivity contribution < 1.29 is 4.21 Å². The lowest BCUT2D eigenvalue weighted by atomic mass is 10.5. The van der Waals surface area contributed by atoms with Crippen molar-refractivity contribution in [2.75, 3.05) is 6.26 Å². The van der Waals surface area contributed by atoms with Crippen LogP contribution in [-0.2, 0) is 10.8 Å². The van der Waals surface area contributed by atoms with Crippen LogP contribution in [0.4, 0.5) is 0 Å². The van der Waals surface area contributed by atoms with Gasteiger partial charge in [0.25, 0.3) is 0 Å². The number of nitrogens with zero attached hydrogens (tertiary/aromatic N) is 1. The Hall–Kier alpha value is -0.220. The summed E-state index contributed by atoms with van der Waals surface area (Å²) >= 11 is 3.23. The third-order valence-corrected chi connectivity index (χ3v) is 2.29. The molecule has 1 aromatic heterocycles. The van der Waals surface area contributed by atoms with E-state index in [1.807, 2.05) is 6.07 Å². The summed E-state index contributed by atoms with van der Waals surface area (Å²) in [6.07, 6.45) is 3.24. The summed E-state index contributed by atoms with van der Waals surface area (Å²) in [5.74, 6) is 0. The van der Waals surface area contributed by atoms with Crippen LogP contribution in [0.2, 0.25) is 0 Å². The summed E-state index contributed by atoms with van der Waals surface area (Å²) in [4.78, 5) is 3.93. The number of aromatic nitrogens is 1. The maximum absolute atomic E-state index is 10.8. The molecule has 0 aromatic carbocycles. The maximum atomic E-state index is 10.8. The summed E-state index contributed by atoms with van der Waals surface area (Å²) in [6, 6.07) is 3.56. The highest BCUT2D eigenvalue weighted by Gasteiger charge is 1.95. The lowest BCUT2D eigenvalue weighted by Gasteiger charge is -1.92. The molecule has 0 saturated heterocycles. The van der Waals surface area contributed by atoms with Gasteiger partial charge in [0, 0.05) is 16.9 Å². The maximum Gasteiger partial charge on any atom is 0.127 e. The van der Waals surface area contributed by atoms with Crippen molar-refractivity contribution in [1.82, 2.24) is 4.98 Å². The standard InChI is InChI=1S/C6H6BrNOS/c1-10(9)6-3-2-5(7)4-8-6/h2-4H,1H3. The van der Waals surface area contributed by atoms with Crippen LogP contribution in [-0.4, -0.2) is 15.4 Å². The Kier molecular flexibility index (Phi) is 2.56. The molecule has 0 amide bonds. The molecule has 1 rings (SSSR count). The van der Waals surface area contributed by atoms with Crippen molar-refractivity contribution in [2.45, 2.75) is 5.03 Å². The first-order chi connectivity index (χ1) is 4.70. The first-order valence-corrected chi connectivity index (χ1v) is 5.00. The van der Waals surface area contributed by atoms with Gasteiger partial charge in [-0.2, -0.15) is 0 Å². The highest BCUT2D eigenvalue weighted by molar-refractivity contribution is 9.10. The average molecular weight is 220 g/mol. The zero-order valence-corrected chi connectivity index (χ0v) is 7.78. The van der Waals surface area contributed by atoms with Crippen LogP contribution in [0.15, 0.2) is 27.8 Å². The Balaban J connectivity index is 3.00. The van der Waals surface area contributed by atoms with Crippen LogP contribution in [0.1, 0.15) is 0 Å². The first kappa shape index (κ1) is 7.88. The Bertz CT molecular complexity index is 246. The molecule has 1 atom stereocenters. The zero-order valence-electron chi connectivity index (χ0n) is 5.37. The van der Waals surface area contributed by atoms with Crippen LogP contribution >= 0.6 is 15.9 Å². The van der Waals surface area contributed by atoms with E-state index in [1.54, 1.807) is 18.5 Å². The van der Waals surface area contributed by atoms with E-state index in [0.717, 1.165) is 4.47 Å². The number of halogens is 1. The van der Waals surface area contributed by atoms with Crippen molar-refractivity contribution in [2.24, 2.45) is 0 Å². The minimum Gasteiger partial charge on any atom is -0.253 e. The summed E-state index contributed by atoms with van der Waals surface area (Å²) in [6.45, 7) is 0. The average Bonchev–Trinajstić information content (AvgIpc) is 1.88. The smallest absolute Gasteiger partial charge is 0.127 e. The summed E-state index contributed by atoms with van der Waals surface area (Å²) in [7, 11) is -0.969. The van der Waals surface area contributed by atoms with Gasteiger partial charge in [0.05, 0.1) is 10.8 Å². The Morgan fingerprint density at radius 2 is 2.30 bits per heavy atom. The molecule has 0 aliphatic carbocycles. The second-order valence-electron chi connectivity index (χ2n) is 1.77. The Labute approximate surface area is 70.3 Å². The fourth-order valence-corrected chi connectivity index (χ4v) is 1.23. The normalized spacial score (nSPS) is 13.0. The third kappa shape index (κ3) is 1.88. The SMILES string of the molecule is CS(=O)c1ccc(Br)cn1. The van der Waals surface area contributed by atoms with Gasteiger partial charge >= 0.3 is 0 Å². The molecule has 1 aromatic rings. The molecule has 0 N–H and O–H groups in total. The van der Waals surface area contributed by atoms with Crippen molar-refractivity contribution in [3.8, 4) is 0 Å². The lowest BCUT2D eigenvalue weighted by Crippen LogP contribution is -1.89. The molecule has 0 radical (unpaired) electrons. The molecule has 0 aliphatic rings. The predicted octanol–water partition coefficient (Wildman–Crippen LogP) is 1.58. The van der Waals surface area contributed by atoms with Gasteiger partial charge in [0.2, 0.25) is 0 Å². The molecule has 0 saturated carbocycles. The molecule has 0 fully saturated rings. The van der Waals surface area contributed by atoms with E-state index in [2.05, 4.69) is 20.9 Å². The van der Waals surface area contributed by atoms with E-state index in [1.165, 1.54) is 0 Å².